The Morgan fingerprint density at radius 3 is 2.53 bits per heavy atom. The van der Waals surface area contributed by atoms with Gasteiger partial charge in [-0.15, -0.1) is 0 Å². The molecule has 2 N–H and O–H groups in total. The average molecular weight is 321 g/mol. The monoisotopic (exact) mass is 320 g/mol. The minimum Gasteiger partial charge on any atom is -0.483 e. The van der Waals surface area contributed by atoms with Crippen molar-refractivity contribution >= 4 is 15.9 Å². The lowest BCUT2D eigenvalue weighted by molar-refractivity contribution is 0.170. The van der Waals surface area contributed by atoms with E-state index in [1.165, 1.54) is 0 Å². The summed E-state index contributed by atoms with van der Waals surface area (Å²) in [4.78, 5) is 4.03. The van der Waals surface area contributed by atoms with Crippen LogP contribution in [0.15, 0.2) is 53.3 Å². The molecule has 0 aliphatic heterocycles. The highest BCUT2D eigenvalue weighted by Gasteiger charge is 2.21. The van der Waals surface area contributed by atoms with Crippen molar-refractivity contribution in [3.8, 4) is 5.75 Å². The van der Waals surface area contributed by atoms with Crippen LogP contribution in [-0.2, 0) is 0 Å². The summed E-state index contributed by atoms with van der Waals surface area (Å²) in [6.45, 7) is 2.06. The van der Waals surface area contributed by atoms with Gasteiger partial charge in [0.25, 0.3) is 0 Å². The molecule has 0 saturated carbocycles. The number of ether oxygens (including phenoxy) is 1. The molecule has 2 unspecified atom stereocenters. The van der Waals surface area contributed by atoms with Crippen molar-refractivity contribution in [3.05, 3.63) is 58.8 Å². The van der Waals surface area contributed by atoms with Crippen LogP contribution in [0.2, 0.25) is 0 Å². The van der Waals surface area contributed by atoms with Gasteiger partial charge in [0.05, 0.1) is 4.47 Å². The van der Waals surface area contributed by atoms with Gasteiger partial charge in [0, 0.05) is 18.4 Å². The standard InChI is InChI=1S/C15H17BrN2O/c1-2-13(17)15(11-7-9-18-10-8-11)19-14-6-4-3-5-12(14)16/h3-10,13,15H,2,17H2,1H3. The molecule has 19 heavy (non-hydrogen) atoms. The highest BCUT2D eigenvalue weighted by molar-refractivity contribution is 9.10. The van der Waals surface area contributed by atoms with Crippen molar-refractivity contribution in [1.82, 2.24) is 4.98 Å². The van der Waals surface area contributed by atoms with E-state index in [9.17, 15) is 0 Å². The second-order valence-corrected chi connectivity index (χ2v) is 5.18. The lowest BCUT2D eigenvalue weighted by Crippen LogP contribution is -2.31. The van der Waals surface area contributed by atoms with Crippen molar-refractivity contribution in [2.75, 3.05) is 0 Å². The first kappa shape index (κ1) is 14.0. The summed E-state index contributed by atoms with van der Waals surface area (Å²) in [7, 11) is 0. The van der Waals surface area contributed by atoms with E-state index in [-0.39, 0.29) is 12.1 Å². The Bertz CT molecular complexity index is 519. The Balaban J connectivity index is 2.27. The van der Waals surface area contributed by atoms with E-state index in [4.69, 9.17) is 10.5 Å². The first-order valence-electron chi connectivity index (χ1n) is 6.29. The van der Waals surface area contributed by atoms with Gasteiger partial charge in [-0.3, -0.25) is 4.98 Å². The van der Waals surface area contributed by atoms with E-state index >= 15 is 0 Å². The van der Waals surface area contributed by atoms with Crippen molar-refractivity contribution in [2.24, 2.45) is 5.73 Å². The molecule has 2 aromatic rings. The minimum absolute atomic E-state index is 0.0606. The molecule has 3 nitrogen and oxygen atoms in total. The zero-order chi connectivity index (χ0) is 13.7. The van der Waals surface area contributed by atoms with Gasteiger partial charge >= 0.3 is 0 Å². The quantitative estimate of drug-likeness (QED) is 0.913. The smallest absolute Gasteiger partial charge is 0.139 e. The summed E-state index contributed by atoms with van der Waals surface area (Å²) in [5.41, 5.74) is 7.23. The van der Waals surface area contributed by atoms with Gasteiger partial charge < -0.3 is 10.5 Å². The Kier molecular flexibility index (Phi) is 4.93. The van der Waals surface area contributed by atoms with E-state index in [0.717, 1.165) is 22.2 Å². The second kappa shape index (κ2) is 6.68. The third-order valence-electron chi connectivity index (χ3n) is 2.99. The van der Waals surface area contributed by atoms with Crippen LogP contribution < -0.4 is 10.5 Å². The first-order chi connectivity index (χ1) is 9.22. The minimum atomic E-state index is -0.174. The predicted octanol–water partition coefficient (Wildman–Crippen LogP) is 3.70. The number of hydrogen-bond donors (Lipinski definition) is 1. The fraction of sp³-hybridized carbons (Fsp3) is 0.267. The Morgan fingerprint density at radius 2 is 1.89 bits per heavy atom. The van der Waals surface area contributed by atoms with Crippen LogP contribution >= 0.6 is 15.9 Å². The zero-order valence-corrected chi connectivity index (χ0v) is 12.4. The number of para-hydroxylation sites is 1. The van der Waals surface area contributed by atoms with Crippen LogP contribution in [0, 0.1) is 0 Å². The van der Waals surface area contributed by atoms with Crippen molar-refractivity contribution in [2.45, 2.75) is 25.5 Å². The van der Waals surface area contributed by atoms with Crippen LogP contribution in [0.1, 0.15) is 25.0 Å². The van der Waals surface area contributed by atoms with Gasteiger partial charge in [0.1, 0.15) is 11.9 Å². The second-order valence-electron chi connectivity index (χ2n) is 4.32. The Morgan fingerprint density at radius 1 is 1.21 bits per heavy atom. The van der Waals surface area contributed by atoms with Gasteiger partial charge in [-0.05, 0) is 52.2 Å². The zero-order valence-electron chi connectivity index (χ0n) is 10.8. The molecular weight excluding hydrogens is 304 g/mol. The topological polar surface area (TPSA) is 48.1 Å². The van der Waals surface area contributed by atoms with E-state index in [1.54, 1.807) is 12.4 Å². The van der Waals surface area contributed by atoms with E-state index in [0.29, 0.717) is 0 Å². The summed E-state index contributed by atoms with van der Waals surface area (Å²) < 4.78 is 7.01. The molecule has 0 bridgehead atoms. The molecule has 2 atom stereocenters. The van der Waals surface area contributed by atoms with E-state index < -0.39 is 0 Å². The molecule has 0 fully saturated rings. The van der Waals surface area contributed by atoms with E-state index in [1.807, 2.05) is 36.4 Å². The number of halogens is 1. The predicted molar refractivity (Wildman–Crippen MR) is 80.0 cm³/mol. The normalized spacial score (nSPS) is 13.8. The maximum atomic E-state index is 6.19. The van der Waals surface area contributed by atoms with Gasteiger partial charge in [-0.25, -0.2) is 0 Å². The third-order valence-corrected chi connectivity index (χ3v) is 3.64. The summed E-state index contributed by atoms with van der Waals surface area (Å²) in [6.07, 6.45) is 4.19. The van der Waals surface area contributed by atoms with Crippen LogP contribution in [-0.4, -0.2) is 11.0 Å². The van der Waals surface area contributed by atoms with Crippen LogP contribution in [0.5, 0.6) is 5.75 Å². The number of pyridine rings is 1. The third kappa shape index (κ3) is 3.55. The molecule has 1 aromatic carbocycles. The molecule has 4 heteroatoms. The molecule has 100 valence electrons. The molecule has 0 amide bonds. The number of rotatable bonds is 5. The van der Waals surface area contributed by atoms with Crippen molar-refractivity contribution < 1.29 is 4.74 Å². The first-order valence-corrected chi connectivity index (χ1v) is 7.08. The number of hydrogen-bond acceptors (Lipinski definition) is 3. The Hall–Kier alpha value is -1.39. The SMILES string of the molecule is CCC(N)C(Oc1ccccc1Br)c1ccncc1. The molecule has 0 saturated heterocycles. The lowest BCUT2D eigenvalue weighted by atomic mass is 10.0. The summed E-state index contributed by atoms with van der Waals surface area (Å²) >= 11 is 3.49. The number of nitrogens with two attached hydrogens (primary N) is 1. The molecule has 0 aliphatic rings. The molecule has 1 aromatic heterocycles. The fourth-order valence-electron chi connectivity index (χ4n) is 1.85. The number of benzene rings is 1. The molecular formula is C15H17BrN2O. The maximum absolute atomic E-state index is 6.19. The molecule has 2 rings (SSSR count). The Labute approximate surface area is 121 Å². The molecule has 0 spiro atoms. The summed E-state index contributed by atoms with van der Waals surface area (Å²) in [5, 5.41) is 0. The molecule has 0 radical (unpaired) electrons. The summed E-state index contributed by atoms with van der Waals surface area (Å²) in [6, 6.07) is 11.6. The average Bonchev–Trinajstić information content (AvgIpc) is 2.46. The van der Waals surface area contributed by atoms with Crippen LogP contribution in [0.4, 0.5) is 0 Å². The highest BCUT2D eigenvalue weighted by atomic mass is 79.9. The highest BCUT2D eigenvalue weighted by Crippen LogP contribution is 2.30. The fourth-order valence-corrected chi connectivity index (χ4v) is 2.23. The van der Waals surface area contributed by atoms with E-state index in [2.05, 4.69) is 27.8 Å². The van der Waals surface area contributed by atoms with Crippen molar-refractivity contribution in [1.29, 1.82) is 0 Å². The van der Waals surface area contributed by atoms with Crippen LogP contribution in [0.25, 0.3) is 0 Å². The molecule has 1 heterocycles. The van der Waals surface area contributed by atoms with Gasteiger partial charge in [0.2, 0.25) is 0 Å². The lowest BCUT2D eigenvalue weighted by Gasteiger charge is -2.25. The maximum Gasteiger partial charge on any atom is 0.139 e. The number of nitrogens with zero attached hydrogens (tertiary/aromatic N) is 1. The van der Waals surface area contributed by atoms with Crippen molar-refractivity contribution in [3.63, 3.8) is 0 Å². The molecule has 0 aliphatic carbocycles. The van der Waals surface area contributed by atoms with Gasteiger partial charge in [0.15, 0.2) is 0 Å². The number of aromatic nitrogens is 1. The van der Waals surface area contributed by atoms with Crippen LogP contribution in [0.3, 0.4) is 0 Å². The summed E-state index contributed by atoms with van der Waals surface area (Å²) in [5.74, 6) is 0.799. The largest absolute Gasteiger partial charge is 0.483 e. The van der Waals surface area contributed by atoms with Gasteiger partial charge in [-0.1, -0.05) is 19.1 Å². The van der Waals surface area contributed by atoms with Gasteiger partial charge in [-0.2, -0.15) is 0 Å².